The number of rotatable bonds is 3. The van der Waals surface area contributed by atoms with E-state index in [1.165, 1.54) is 33.3 Å². The summed E-state index contributed by atoms with van der Waals surface area (Å²) in [6, 6.07) is 11.2. The van der Waals surface area contributed by atoms with Gasteiger partial charge in [0.15, 0.2) is 0 Å². The number of benzene rings is 1. The van der Waals surface area contributed by atoms with Crippen LogP contribution in [0.5, 0.6) is 0 Å². The molecule has 1 aliphatic heterocycles. The van der Waals surface area contributed by atoms with E-state index >= 15 is 0 Å². The number of pyridine rings is 1. The Labute approximate surface area is 177 Å². The minimum atomic E-state index is 0. The first-order valence-corrected chi connectivity index (χ1v) is 8.82. The molecule has 0 fully saturated rings. The quantitative estimate of drug-likeness (QED) is 0.523. The zero-order valence-corrected chi connectivity index (χ0v) is 19.1. The van der Waals surface area contributed by atoms with E-state index in [2.05, 4.69) is 58.8 Å². The summed E-state index contributed by atoms with van der Waals surface area (Å²) in [5.41, 5.74) is 8.20. The average molecular weight is 481 g/mol. The van der Waals surface area contributed by atoms with E-state index in [1.807, 2.05) is 13.1 Å². The van der Waals surface area contributed by atoms with Crippen LogP contribution in [0.15, 0.2) is 36.5 Å². The van der Waals surface area contributed by atoms with E-state index in [0.717, 1.165) is 38.2 Å². The first kappa shape index (κ1) is 21.1. The summed E-state index contributed by atoms with van der Waals surface area (Å²) in [6.45, 7) is 7.47. The van der Waals surface area contributed by atoms with Crippen molar-refractivity contribution in [3.05, 3.63) is 64.6 Å². The number of aromatic nitrogens is 2. The normalized spacial score (nSPS) is 13.8. The van der Waals surface area contributed by atoms with Crippen molar-refractivity contribution >= 4 is 44.9 Å². The van der Waals surface area contributed by atoms with Crippen LogP contribution in [0.4, 0.5) is 0 Å². The first-order valence-electron chi connectivity index (χ1n) is 8.82. The molecule has 0 saturated heterocycles. The Morgan fingerprint density at radius 1 is 1.08 bits per heavy atom. The maximum atomic E-state index is 4.43. The Morgan fingerprint density at radius 2 is 1.88 bits per heavy atom. The fourth-order valence-electron chi connectivity index (χ4n) is 3.84. The zero-order chi connectivity index (χ0) is 16.7. The summed E-state index contributed by atoms with van der Waals surface area (Å²) in [5.74, 6) is 0. The zero-order valence-electron chi connectivity index (χ0n) is 15.7. The van der Waals surface area contributed by atoms with Crippen molar-refractivity contribution in [3.8, 4) is 0 Å². The highest BCUT2D eigenvalue weighted by atomic mass is 79.9. The molecule has 26 heavy (non-hydrogen) atoms. The van der Waals surface area contributed by atoms with Crippen LogP contribution in [0, 0.1) is 13.8 Å². The molecule has 0 saturated carbocycles. The second-order valence-corrected chi connectivity index (χ2v) is 7.14. The predicted molar refractivity (Wildman–Crippen MR) is 120 cm³/mol. The number of likely N-dealkylation sites (N-methyl/N-ethyl adjacent to an activating group) is 1. The summed E-state index contributed by atoms with van der Waals surface area (Å²) >= 11 is 0. The highest BCUT2D eigenvalue weighted by Gasteiger charge is 2.22. The van der Waals surface area contributed by atoms with E-state index in [9.17, 15) is 0 Å². The first-order chi connectivity index (χ1) is 11.6. The molecule has 5 heteroatoms. The third-order valence-electron chi connectivity index (χ3n) is 5.20. The number of aryl methyl sites for hydroxylation is 4. The van der Waals surface area contributed by atoms with Crippen molar-refractivity contribution < 1.29 is 0 Å². The number of fused-ring (bicyclic) bond motifs is 3. The number of hydrogen-bond acceptors (Lipinski definition) is 2. The van der Waals surface area contributed by atoms with Crippen LogP contribution in [0.25, 0.3) is 10.9 Å². The lowest BCUT2D eigenvalue weighted by molar-refractivity contribution is 0.309. The van der Waals surface area contributed by atoms with Crippen molar-refractivity contribution in [1.29, 1.82) is 0 Å². The van der Waals surface area contributed by atoms with Gasteiger partial charge in [0.1, 0.15) is 0 Å². The Balaban J connectivity index is 0.00000121. The molecule has 3 heterocycles. The highest BCUT2D eigenvalue weighted by molar-refractivity contribution is 8.93. The largest absolute Gasteiger partial charge is 0.344 e. The van der Waals surface area contributed by atoms with Gasteiger partial charge in [-0.1, -0.05) is 17.7 Å². The SMILES string of the molecule is Br.Br.Cc1ccc2c(c1)c1c(n2CCc2ccc(C)nc2)CCN(C)C1. The van der Waals surface area contributed by atoms with Crippen molar-refractivity contribution in [2.45, 2.75) is 39.8 Å². The van der Waals surface area contributed by atoms with Crippen LogP contribution in [0.1, 0.15) is 28.1 Å². The van der Waals surface area contributed by atoms with E-state index in [-0.39, 0.29) is 34.0 Å². The summed E-state index contributed by atoms with van der Waals surface area (Å²) in [5, 5.41) is 1.44. The van der Waals surface area contributed by atoms with Gasteiger partial charge in [0.2, 0.25) is 0 Å². The maximum Gasteiger partial charge on any atom is 0.0486 e. The van der Waals surface area contributed by atoms with Gasteiger partial charge in [-0.05, 0) is 56.6 Å². The molecule has 0 N–H and O–H groups in total. The smallest absolute Gasteiger partial charge is 0.0486 e. The molecule has 1 aliphatic rings. The Kier molecular flexibility index (Phi) is 7.05. The second kappa shape index (κ2) is 8.68. The van der Waals surface area contributed by atoms with Crippen LogP contribution >= 0.6 is 34.0 Å². The van der Waals surface area contributed by atoms with Crippen LogP contribution in [0.2, 0.25) is 0 Å². The third kappa shape index (κ3) is 4.05. The minimum absolute atomic E-state index is 0. The van der Waals surface area contributed by atoms with Crippen molar-refractivity contribution in [2.24, 2.45) is 0 Å². The molecule has 4 rings (SSSR count). The van der Waals surface area contributed by atoms with Crippen molar-refractivity contribution in [1.82, 2.24) is 14.5 Å². The second-order valence-electron chi connectivity index (χ2n) is 7.14. The third-order valence-corrected chi connectivity index (χ3v) is 5.20. The van der Waals surface area contributed by atoms with Crippen LogP contribution in [0.3, 0.4) is 0 Å². The topological polar surface area (TPSA) is 21.1 Å². The van der Waals surface area contributed by atoms with Crippen LogP contribution in [-0.4, -0.2) is 28.0 Å². The Hall–Kier alpha value is -1.17. The van der Waals surface area contributed by atoms with Crippen LogP contribution < -0.4 is 0 Å². The lowest BCUT2D eigenvalue weighted by atomic mass is 10.0. The minimum Gasteiger partial charge on any atom is -0.344 e. The molecular weight excluding hydrogens is 454 g/mol. The number of halogens is 2. The van der Waals surface area contributed by atoms with Gasteiger partial charge in [0, 0.05) is 54.5 Å². The standard InChI is InChI=1S/C21H25N3.2BrH/c1-15-4-7-20-18(12-15)19-14-23(3)10-9-21(19)24(20)11-8-17-6-5-16(2)22-13-17;;/h4-7,12-13H,8-11,14H2,1-3H3;2*1H. The predicted octanol–water partition coefficient (Wildman–Crippen LogP) is 5.04. The number of hydrogen-bond donors (Lipinski definition) is 0. The molecule has 0 radical (unpaired) electrons. The summed E-state index contributed by atoms with van der Waals surface area (Å²) in [6.07, 6.45) is 4.20. The fraction of sp³-hybridized carbons (Fsp3) is 0.381. The van der Waals surface area contributed by atoms with E-state index in [1.54, 1.807) is 0 Å². The van der Waals surface area contributed by atoms with Gasteiger partial charge in [-0.2, -0.15) is 0 Å². The molecule has 140 valence electrons. The number of nitrogens with zero attached hydrogens (tertiary/aromatic N) is 3. The van der Waals surface area contributed by atoms with Gasteiger partial charge in [0.25, 0.3) is 0 Å². The van der Waals surface area contributed by atoms with Gasteiger partial charge in [-0.25, -0.2) is 0 Å². The molecule has 3 nitrogen and oxygen atoms in total. The van der Waals surface area contributed by atoms with Crippen molar-refractivity contribution in [3.63, 3.8) is 0 Å². The molecule has 0 spiro atoms. The van der Waals surface area contributed by atoms with Gasteiger partial charge in [-0.3, -0.25) is 4.98 Å². The van der Waals surface area contributed by atoms with Crippen molar-refractivity contribution in [2.75, 3.05) is 13.6 Å². The molecule has 0 unspecified atom stereocenters. The maximum absolute atomic E-state index is 4.43. The van der Waals surface area contributed by atoms with Gasteiger partial charge >= 0.3 is 0 Å². The lowest BCUT2D eigenvalue weighted by Gasteiger charge is -2.24. The van der Waals surface area contributed by atoms with Gasteiger partial charge in [-0.15, -0.1) is 34.0 Å². The molecular formula is C21H27Br2N3. The summed E-state index contributed by atoms with van der Waals surface area (Å²) in [7, 11) is 2.22. The molecule has 0 amide bonds. The van der Waals surface area contributed by atoms with E-state index < -0.39 is 0 Å². The van der Waals surface area contributed by atoms with Crippen LogP contribution in [-0.2, 0) is 25.9 Å². The summed E-state index contributed by atoms with van der Waals surface area (Å²) in [4.78, 5) is 6.86. The molecule has 3 aromatic rings. The monoisotopic (exact) mass is 479 g/mol. The van der Waals surface area contributed by atoms with E-state index in [0.29, 0.717) is 0 Å². The molecule has 0 bridgehead atoms. The van der Waals surface area contributed by atoms with Gasteiger partial charge in [0.05, 0.1) is 0 Å². The van der Waals surface area contributed by atoms with Gasteiger partial charge < -0.3 is 9.47 Å². The highest BCUT2D eigenvalue weighted by Crippen LogP contribution is 2.31. The molecule has 0 atom stereocenters. The molecule has 0 aliphatic carbocycles. The molecule has 1 aromatic carbocycles. The molecule has 2 aromatic heterocycles. The van der Waals surface area contributed by atoms with E-state index in [4.69, 9.17) is 0 Å². The lowest BCUT2D eigenvalue weighted by Crippen LogP contribution is -2.27. The Bertz CT molecular complexity index is 884. The summed E-state index contributed by atoms with van der Waals surface area (Å²) < 4.78 is 2.55. The Morgan fingerprint density at radius 3 is 2.62 bits per heavy atom. The fourth-order valence-corrected chi connectivity index (χ4v) is 3.84. The average Bonchev–Trinajstić information content (AvgIpc) is 2.87.